The number of alkyl halides is 2. The first-order valence-corrected chi connectivity index (χ1v) is 5.34. The predicted octanol–water partition coefficient (Wildman–Crippen LogP) is 3.09. The van der Waals surface area contributed by atoms with Gasteiger partial charge in [-0.15, -0.1) is 0 Å². The molecule has 0 saturated carbocycles. The minimum atomic E-state index is -2.23. The van der Waals surface area contributed by atoms with E-state index in [1.165, 1.54) is 0 Å². The van der Waals surface area contributed by atoms with Crippen LogP contribution in [0.15, 0.2) is 30.3 Å². The van der Waals surface area contributed by atoms with Crippen molar-refractivity contribution in [2.45, 2.75) is 25.3 Å². The van der Waals surface area contributed by atoms with E-state index in [2.05, 4.69) is 0 Å². The molecule has 1 atom stereocenters. The van der Waals surface area contributed by atoms with Crippen molar-refractivity contribution in [3.05, 3.63) is 35.9 Å². The molecule has 0 N–H and O–H groups in total. The summed E-state index contributed by atoms with van der Waals surface area (Å²) in [6.45, 7) is 0.698. The molecule has 1 nitrogen and oxygen atoms in total. The second-order valence-corrected chi connectivity index (χ2v) is 3.95. The van der Waals surface area contributed by atoms with Gasteiger partial charge in [0.25, 0.3) is 6.43 Å². The molecule has 15 heavy (non-hydrogen) atoms. The SMILES string of the molecule is FC(F)CN1CCC[C@H]1c1ccccc1. The lowest BCUT2D eigenvalue weighted by atomic mass is 10.0. The van der Waals surface area contributed by atoms with Crippen LogP contribution in [0.3, 0.4) is 0 Å². The van der Waals surface area contributed by atoms with Crippen LogP contribution in [0.5, 0.6) is 0 Å². The molecule has 2 rings (SSSR count). The van der Waals surface area contributed by atoms with Gasteiger partial charge in [-0.05, 0) is 24.9 Å². The van der Waals surface area contributed by atoms with E-state index in [1.54, 1.807) is 0 Å². The molecule has 1 saturated heterocycles. The zero-order valence-electron chi connectivity index (χ0n) is 8.57. The summed E-state index contributed by atoms with van der Waals surface area (Å²) < 4.78 is 24.7. The highest BCUT2D eigenvalue weighted by Gasteiger charge is 2.27. The molecule has 0 spiro atoms. The summed E-state index contributed by atoms with van der Waals surface area (Å²) in [5.74, 6) is 0. The molecule has 0 bridgehead atoms. The summed E-state index contributed by atoms with van der Waals surface area (Å²) in [6.07, 6.45) is -0.211. The van der Waals surface area contributed by atoms with Crippen molar-refractivity contribution in [3.8, 4) is 0 Å². The van der Waals surface area contributed by atoms with Crippen molar-refractivity contribution in [2.75, 3.05) is 13.1 Å². The molecule has 0 amide bonds. The van der Waals surface area contributed by atoms with Gasteiger partial charge in [0, 0.05) is 6.04 Å². The normalized spacial score (nSPS) is 22.5. The lowest BCUT2D eigenvalue weighted by Gasteiger charge is -2.24. The van der Waals surface area contributed by atoms with Gasteiger partial charge < -0.3 is 0 Å². The molecule has 0 radical (unpaired) electrons. The second-order valence-electron chi connectivity index (χ2n) is 3.95. The number of halogens is 2. The minimum absolute atomic E-state index is 0.0977. The highest BCUT2D eigenvalue weighted by Crippen LogP contribution is 2.31. The fraction of sp³-hybridized carbons (Fsp3) is 0.500. The number of hydrogen-bond acceptors (Lipinski definition) is 1. The highest BCUT2D eigenvalue weighted by atomic mass is 19.3. The van der Waals surface area contributed by atoms with E-state index in [1.807, 2.05) is 35.2 Å². The maximum absolute atomic E-state index is 12.3. The van der Waals surface area contributed by atoms with Crippen molar-refractivity contribution >= 4 is 0 Å². The van der Waals surface area contributed by atoms with Gasteiger partial charge >= 0.3 is 0 Å². The van der Waals surface area contributed by atoms with Gasteiger partial charge in [0.05, 0.1) is 6.54 Å². The van der Waals surface area contributed by atoms with Crippen LogP contribution in [0, 0.1) is 0 Å². The summed E-state index contributed by atoms with van der Waals surface area (Å²) in [5, 5.41) is 0. The molecule has 1 aromatic rings. The zero-order valence-corrected chi connectivity index (χ0v) is 8.57. The van der Waals surface area contributed by atoms with E-state index in [-0.39, 0.29) is 12.6 Å². The Morgan fingerprint density at radius 1 is 1.27 bits per heavy atom. The Morgan fingerprint density at radius 2 is 2.00 bits per heavy atom. The van der Waals surface area contributed by atoms with Crippen molar-refractivity contribution in [2.24, 2.45) is 0 Å². The minimum Gasteiger partial charge on any atom is -0.291 e. The first kappa shape index (κ1) is 10.6. The molecule has 1 heterocycles. The van der Waals surface area contributed by atoms with E-state index in [0.717, 1.165) is 24.9 Å². The van der Waals surface area contributed by atoms with Crippen LogP contribution in [0.1, 0.15) is 24.4 Å². The topological polar surface area (TPSA) is 3.24 Å². The van der Waals surface area contributed by atoms with Gasteiger partial charge in [-0.25, -0.2) is 8.78 Å². The second kappa shape index (κ2) is 4.71. The average Bonchev–Trinajstić information content (AvgIpc) is 2.66. The van der Waals surface area contributed by atoms with Crippen LogP contribution >= 0.6 is 0 Å². The number of hydrogen-bond donors (Lipinski definition) is 0. The van der Waals surface area contributed by atoms with E-state index in [9.17, 15) is 8.78 Å². The molecular formula is C12H15F2N. The van der Waals surface area contributed by atoms with Crippen molar-refractivity contribution in [3.63, 3.8) is 0 Å². The number of nitrogens with zero attached hydrogens (tertiary/aromatic N) is 1. The molecule has 0 aromatic heterocycles. The molecule has 0 unspecified atom stereocenters. The summed E-state index contributed by atoms with van der Waals surface area (Å²) in [7, 11) is 0. The molecule has 1 aliphatic heterocycles. The smallest absolute Gasteiger partial charge is 0.251 e. The zero-order chi connectivity index (χ0) is 10.7. The number of rotatable bonds is 3. The fourth-order valence-electron chi connectivity index (χ4n) is 2.27. The average molecular weight is 211 g/mol. The van der Waals surface area contributed by atoms with Crippen LogP contribution in [0.4, 0.5) is 8.78 Å². The Labute approximate surface area is 88.7 Å². The Bertz CT molecular complexity index is 300. The molecule has 0 aliphatic carbocycles. The van der Waals surface area contributed by atoms with Crippen LogP contribution in [0.25, 0.3) is 0 Å². The standard InChI is InChI=1S/C12H15F2N/c13-12(14)9-15-8-4-7-11(15)10-5-2-1-3-6-10/h1-3,5-6,11-12H,4,7-9H2/t11-/m0/s1. The van der Waals surface area contributed by atoms with Gasteiger partial charge in [0.2, 0.25) is 0 Å². The number of benzene rings is 1. The Hall–Kier alpha value is -0.960. The van der Waals surface area contributed by atoms with Gasteiger partial charge in [0.15, 0.2) is 0 Å². The molecule has 1 aliphatic rings. The molecule has 1 aromatic carbocycles. The van der Waals surface area contributed by atoms with Crippen LogP contribution in [0.2, 0.25) is 0 Å². The monoisotopic (exact) mass is 211 g/mol. The molecule has 1 fully saturated rings. The third-order valence-electron chi connectivity index (χ3n) is 2.92. The first-order chi connectivity index (χ1) is 7.27. The van der Waals surface area contributed by atoms with Gasteiger partial charge in [-0.3, -0.25) is 4.90 Å². The lowest BCUT2D eigenvalue weighted by Crippen LogP contribution is -2.28. The third kappa shape index (κ3) is 2.53. The summed E-state index contributed by atoms with van der Waals surface area (Å²) in [5.41, 5.74) is 1.16. The van der Waals surface area contributed by atoms with Crippen molar-refractivity contribution < 1.29 is 8.78 Å². The lowest BCUT2D eigenvalue weighted by molar-refractivity contribution is 0.0822. The van der Waals surface area contributed by atoms with E-state index in [4.69, 9.17) is 0 Å². The quantitative estimate of drug-likeness (QED) is 0.742. The Kier molecular flexibility index (Phi) is 3.31. The molecular weight excluding hydrogens is 196 g/mol. The van der Waals surface area contributed by atoms with Gasteiger partial charge in [-0.1, -0.05) is 30.3 Å². The van der Waals surface area contributed by atoms with Crippen LogP contribution in [-0.4, -0.2) is 24.4 Å². The summed E-state index contributed by atoms with van der Waals surface area (Å²) >= 11 is 0. The van der Waals surface area contributed by atoms with Crippen molar-refractivity contribution in [1.82, 2.24) is 4.90 Å². The maximum atomic E-state index is 12.3. The maximum Gasteiger partial charge on any atom is 0.251 e. The summed E-state index contributed by atoms with van der Waals surface area (Å²) in [6, 6.07) is 10.1. The van der Waals surface area contributed by atoms with E-state index >= 15 is 0 Å². The third-order valence-corrected chi connectivity index (χ3v) is 2.92. The fourth-order valence-corrected chi connectivity index (χ4v) is 2.27. The van der Waals surface area contributed by atoms with Crippen LogP contribution < -0.4 is 0 Å². The van der Waals surface area contributed by atoms with Crippen LogP contribution in [-0.2, 0) is 0 Å². The van der Waals surface area contributed by atoms with E-state index < -0.39 is 6.43 Å². The van der Waals surface area contributed by atoms with Gasteiger partial charge in [-0.2, -0.15) is 0 Å². The van der Waals surface area contributed by atoms with Crippen molar-refractivity contribution in [1.29, 1.82) is 0 Å². The summed E-state index contributed by atoms with van der Waals surface area (Å²) in [4.78, 5) is 1.89. The van der Waals surface area contributed by atoms with E-state index in [0.29, 0.717) is 0 Å². The Balaban J connectivity index is 2.08. The predicted molar refractivity (Wildman–Crippen MR) is 56.0 cm³/mol. The molecule has 3 heteroatoms. The largest absolute Gasteiger partial charge is 0.291 e. The number of likely N-dealkylation sites (tertiary alicyclic amines) is 1. The Morgan fingerprint density at radius 3 is 2.67 bits per heavy atom. The first-order valence-electron chi connectivity index (χ1n) is 5.34. The van der Waals surface area contributed by atoms with Gasteiger partial charge in [0.1, 0.15) is 0 Å². The molecule has 82 valence electrons. The highest BCUT2D eigenvalue weighted by molar-refractivity contribution is 5.19.